The van der Waals surface area contributed by atoms with Gasteiger partial charge in [0, 0.05) is 0 Å². The first-order valence-electron chi connectivity index (χ1n) is 3.34. The summed E-state index contributed by atoms with van der Waals surface area (Å²) in [5, 5.41) is 0. The van der Waals surface area contributed by atoms with Crippen LogP contribution in [0.25, 0.3) is 0 Å². The maximum atomic E-state index is 10.5. The van der Waals surface area contributed by atoms with Crippen molar-refractivity contribution in [2.75, 3.05) is 0 Å². The molecule has 0 aromatic rings. The van der Waals surface area contributed by atoms with E-state index in [0.717, 1.165) is 17.6 Å². The predicted octanol–water partition coefficient (Wildman–Crippen LogP) is 2.49. The van der Waals surface area contributed by atoms with Gasteiger partial charge >= 0.3 is 0 Å². The first-order valence-corrected chi connectivity index (χ1v) is 3.34. The zero-order chi connectivity index (χ0) is 8.15. The smallest absolute Gasteiger partial charge is 0.152 e. The Kier molecular flexibility index (Phi) is 3.70. The van der Waals surface area contributed by atoms with Gasteiger partial charge in [0.25, 0.3) is 0 Å². The van der Waals surface area contributed by atoms with Gasteiger partial charge in [-0.2, -0.15) is 0 Å². The number of ketones is 1. The molecule has 0 bridgehead atoms. The minimum Gasteiger partial charge on any atom is -0.295 e. The van der Waals surface area contributed by atoms with E-state index in [-0.39, 0.29) is 5.78 Å². The fourth-order valence-corrected chi connectivity index (χ4v) is 0.874. The molecule has 0 aliphatic carbocycles. The van der Waals surface area contributed by atoms with E-state index in [9.17, 15) is 4.79 Å². The molecule has 10 heavy (non-hydrogen) atoms. The minimum atomic E-state index is 0.110. The molecule has 0 aromatic carbocycles. The van der Waals surface area contributed by atoms with E-state index in [2.05, 4.69) is 6.58 Å². The van der Waals surface area contributed by atoms with Gasteiger partial charge in [-0.3, -0.25) is 4.79 Å². The van der Waals surface area contributed by atoms with Crippen molar-refractivity contribution in [3.05, 3.63) is 23.8 Å². The van der Waals surface area contributed by atoms with E-state index in [1.807, 2.05) is 13.8 Å². The lowest BCUT2D eigenvalue weighted by atomic mass is 10.1. The van der Waals surface area contributed by atoms with Gasteiger partial charge in [0.05, 0.1) is 0 Å². The van der Waals surface area contributed by atoms with Gasteiger partial charge in [-0.05, 0) is 33.3 Å². The number of hydrogen-bond donors (Lipinski definition) is 0. The van der Waals surface area contributed by atoms with Crippen LogP contribution >= 0.6 is 0 Å². The molecular formula is C9H14O. The summed E-state index contributed by atoms with van der Waals surface area (Å²) in [4.78, 5) is 10.5. The molecule has 0 N–H and O–H groups in total. The quantitative estimate of drug-likeness (QED) is 0.432. The molecule has 0 spiro atoms. The molecule has 0 amide bonds. The molecule has 1 heteroatoms. The Morgan fingerprint density at radius 1 is 1.40 bits per heavy atom. The number of carbonyl (C=O) groups excluding carboxylic acids is 1. The molecular weight excluding hydrogens is 124 g/mol. The summed E-state index contributed by atoms with van der Waals surface area (Å²) in [6.45, 7) is 9.20. The standard InChI is InChI=1S/C9H14O/c1-7(2)5-8(3)6-9(4)10/h6H,1,5H2,2-4H3/b8-6-. The number of rotatable bonds is 3. The summed E-state index contributed by atoms with van der Waals surface area (Å²) >= 11 is 0. The Morgan fingerprint density at radius 2 is 1.90 bits per heavy atom. The van der Waals surface area contributed by atoms with Crippen molar-refractivity contribution in [3.63, 3.8) is 0 Å². The third-order valence-corrected chi connectivity index (χ3v) is 1.03. The van der Waals surface area contributed by atoms with Crippen LogP contribution < -0.4 is 0 Å². The topological polar surface area (TPSA) is 17.1 Å². The molecule has 0 fully saturated rings. The van der Waals surface area contributed by atoms with Crippen LogP contribution in [0.3, 0.4) is 0 Å². The number of carbonyl (C=O) groups is 1. The number of allylic oxidation sites excluding steroid dienone is 3. The van der Waals surface area contributed by atoms with Crippen molar-refractivity contribution in [1.29, 1.82) is 0 Å². The second-order valence-electron chi connectivity index (χ2n) is 2.74. The summed E-state index contributed by atoms with van der Waals surface area (Å²) < 4.78 is 0. The Bertz CT molecular complexity index is 175. The largest absolute Gasteiger partial charge is 0.295 e. The molecule has 0 radical (unpaired) electrons. The normalized spacial score (nSPS) is 11.3. The fourth-order valence-electron chi connectivity index (χ4n) is 0.874. The van der Waals surface area contributed by atoms with Gasteiger partial charge < -0.3 is 0 Å². The Morgan fingerprint density at radius 3 is 2.20 bits per heavy atom. The second-order valence-corrected chi connectivity index (χ2v) is 2.74. The molecule has 0 aliphatic heterocycles. The van der Waals surface area contributed by atoms with Gasteiger partial charge in [-0.25, -0.2) is 0 Å². The fraction of sp³-hybridized carbons (Fsp3) is 0.444. The van der Waals surface area contributed by atoms with Gasteiger partial charge in [-0.1, -0.05) is 17.7 Å². The van der Waals surface area contributed by atoms with Crippen molar-refractivity contribution < 1.29 is 4.79 Å². The van der Waals surface area contributed by atoms with Crippen molar-refractivity contribution in [2.24, 2.45) is 0 Å². The molecule has 56 valence electrons. The minimum absolute atomic E-state index is 0.110. The average molecular weight is 138 g/mol. The molecule has 0 aliphatic rings. The molecule has 0 heterocycles. The highest BCUT2D eigenvalue weighted by atomic mass is 16.1. The van der Waals surface area contributed by atoms with Crippen molar-refractivity contribution in [2.45, 2.75) is 27.2 Å². The zero-order valence-corrected chi connectivity index (χ0v) is 6.90. The lowest BCUT2D eigenvalue weighted by molar-refractivity contribution is -0.112. The monoisotopic (exact) mass is 138 g/mol. The van der Waals surface area contributed by atoms with Crippen LogP contribution in [-0.2, 0) is 4.79 Å². The van der Waals surface area contributed by atoms with Crippen LogP contribution in [-0.4, -0.2) is 5.78 Å². The summed E-state index contributed by atoms with van der Waals surface area (Å²) in [5.74, 6) is 0.110. The molecule has 0 saturated heterocycles. The van der Waals surface area contributed by atoms with Gasteiger partial charge in [-0.15, -0.1) is 0 Å². The van der Waals surface area contributed by atoms with E-state index >= 15 is 0 Å². The van der Waals surface area contributed by atoms with Crippen LogP contribution in [0.2, 0.25) is 0 Å². The summed E-state index contributed by atoms with van der Waals surface area (Å²) in [5.41, 5.74) is 2.18. The highest BCUT2D eigenvalue weighted by molar-refractivity contribution is 5.87. The third-order valence-electron chi connectivity index (χ3n) is 1.03. The zero-order valence-electron chi connectivity index (χ0n) is 6.90. The first-order chi connectivity index (χ1) is 4.52. The molecule has 0 saturated carbocycles. The lowest BCUT2D eigenvalue weighted by Gasteiger charge is -1.96. The Hall–Kier alpha value is -0.850. The van der Waals surface area contributed by atoms with Crippen LogP contribution in [0.1, 0.15) is 27.2 Å². The molecule has 0 rings (SSSR count). The Balaban J connectivity index is 3.95. The molecule has 1 nitrogen and oxygen atoms in total. The highest BCUT2D eigenvalue weighted by Crippen LogP contribution is 2.06. The maximum absolute atomic E-state index is 10.5. The van der Waals surface area contributed by atoms with Crippen LogP contribution in [0.4, 0.5) is 0 Å². The Labute approximate surface area is 62.4 Å². The van der Waals surface area contributed by atoms with Crippen LogP contribution in [0.15, 0.2) is 23.8 Å². The average Bonchev–Trinajstić information content (AvgIpc) is 1.58. The number of hydrogen-bond acceptors (Lipinski definition) is 1. The second kappa shape index (κ2) is 4.04. The summed E-state index contributed by atoms with van der Waals surface area (Å²) in [7, 11) is 0. The van der Waals surface area contributed by atoms with Crippen LogP contribution in [0, 0.1) is 0 Å². The van der Waals surface area contributed by atoms with Gasteiger partial charge in [0.15, 0.2) is 5.78 Å². The lowest BCUT2D eigenvalue weighted by Crippen LogP contribution is -1.85. The summed E-state index contributed by atoms with van der Waals surface area (Å²) in [6, 6.07) is 0. The van der Waals surface area contributed by atoms with E-state index in [4.69, 9.17) is 0 Å². The maximum Gasteiger partial charge on any atom is 0.152 e. The van der Waals surface area contributed by atoms with E-state index in [0.29, 0.717) is 0 Å². The van der Waals surface area contributed by atoms with Crippen molar-refractivity contribution in [1.82, 2.24) is 0 Å². The van der Waals surface area contributed by atoms with E-state index in [1.54, 1.807) is 13.0 Å². The first kappa shape index (κ1) is 9.15. The predicted molar refractivity (Wildman–Crippen MR) is 43.9 cm³/mol. The summed E-state index contributed by atoms with van der Waals surface area (Å²) in [6.07, 6.45) is 2.48. The molecule has 0 unspecified atom stereocenters. The molecule has 0 aromatic heterocycles. The van der Waals surface area contributed by atoms with Crippen molar-refractivity contribution in [3.8, 4) is 0 Å². The van der Waals surface area contributed by atoms with E-state index < -0.39 is 0 Å². The van der Waals surface area contributed by atoms with Gasteiger partial charge in [0.1, 0.15) is 0 Å². The van der Waals surface area contributed by atoms with Gasteiger partial charge in [0.2, 0.25) is 0 Å². The highest BCUT2D eigenvalue weighted by Gasteiger charge is 1.91. The van der Waals surface area contributed by atoms with E-state index in [1.165, 1.54) is 0 Å². The van der Waals surface area contributed by atoms with Crippen LogP contribution in [0.5, 0.6) is 0 Å². The SMILES string of the molecule is C=C(C)C/C(C)=C\C(C)=O. The molecule has 0 atom stereocenters. The third kappa shape index (κ3) is 5.29. The van der Waals surface area contributed by atoms with Crippen molar-refractivity contribution >= 4 is 5.78 Å².